The van der Waals surface area contributed by atoms with Crippen LogP contribution in [0, 0.1) is 0 Å². The Hall–Kier alpha value is -1.10. The molecule has 2 atom stereocenters. The second-order valence-corrected chi connectivity index (χ2v) is 5.14. The van der Waals surface area contributed by atoms with Crippen molar-refractivity contribution in [2.45, 2.75) is 19.4 Å². The molecular weight excluding hydrogens is 210 g/mol. The SMILES string of the molecule is CC(CCS(C)=O)Nc1cc(N)ccn1. The smallest absolute Gasteiger partial charge is 0.128 e. The van der Waals surface area contributed by atoms with Crippen LogP contribution in [-0.2, 0) is 10.8 Å². The van der Waals surface area contributed by atoms with E-state index in [9.17, 15) is 4.21 Å². The molecule has 4 nitrogen and oxygen atoms in total. The van der Waals surface area contributed by atoms with Crippen molar-refractivity contribution in [1.82, 2.24) is 4.98 Å². The van der Waals surface area contributed by atoms with Crippen LogP contribution in [0.2, 0.25) is 0 Å². The molecule has 0 saturated carbocycles. The lowest BCUT2D eigenvalue weighted by Crippen LogP contribution is -2.18. The summed E-state index contributed by atoms with van der Waals surface area (Å²) in [6.45, 7) is 2.04. The first kappa shape index (κ1) is 12.0. The first-order valence-electron chi connectivity index (χ1n) is 4.86. The molecule has 5 heteroatoms. The number of hydrogen-bond acceptors (Lipinski definition) is 4. The molecule has 0 bridgehead atoms. The molecule has 3 N–H and O–H groups in total. The standard InChI is InChI=1S/C10H17N3OS/c1-8(4-6-15(2)14)13-10-7-9(11)3-5-12-10/h3,5,7-8H,4,6H2,1-2H3,(H3,11,12,13). The highest BCUT2D eigenvalue weighted by Crippen LogP contribution is 2.10. The fraction of sp³-hybridized carbons (Fsp3) is 0.500. The molecule has 0 amide bonds. The molecule has 15 heavy (non-hydrogen) atoms. The minimum Gasteiger partial charge on any atom is -0.399 e. The number of anilines is 2. The van der Waals surface area contributed by atoms with Gasteiger partial charge < -0.3 is 11.1 Å². The molecule has 0 spiro atoms. The summed E-state index contributed by atoms with van der Waals surface area (Å²) >= 11 is 0. The monoisotopic (exact) mass is 227 g/mol. The number of nitrogens with two attached hydrogens (primary N) is 1. The van der Waals surface area contributed by atoms with Gasteiger partial charge in [0.2, 0.25) is 0 Å². The van der Waals surface area contributed by atoms with Gasteiger partial charge in [0, 0.05) is 46.8 Å². The highest BCUT2D eigenvalue weighted by molar-refractivity contribution is 7.84. The average Bonchev–Trinajstić information content (AvgIpc) is 2.15. The van der Waals surface area contributed by atoms with Crippen LogP contribution in [0.4, 0.5) is 11.5 Å². The summed E-state index contributed by atoms with van der Waals surface area (Å²) in [5, 5.41) is 3.21. The summed E-state index contributed by atoms with van der Waals surface area (Å²) in [6.07, 6.45) is 4.24. The number of aromatic nitrogens is 1. The molecule has 0 aliphatic rings. The maximum atomic E-state index is 10.9. The zero-order valence-corrected chi connectivity index (χ0v) is 9.88. The molecule has 84 valence electrons. The van der Waals surface area contributed by atoms with Crippen LogP contribution in [0.15, 0.2) is 18.3 Å². The van der Waals surface area contributed by atoms with Crippen LogP contribution >= 0.6 is 0 Å². The Kier molecular flexibility index (Phi) is 4.55. The minimum atomic E-state index is -0.734. The Morgan fingerprint density at radius 1 is 1.67 bits per heavy atom. The van der Waals surface area contributed by atoms with Gasteiger partial charge in [0.05, 0.1) is 0 Å². The Labute approximate surface area is 92.7 Å². The Morgan fingerprint density at radius 3 is 3.00 bits per heavy atom. The molecule has 0 saturated heterocycles. The molecule has 1 aromatic rings. The maximum Gasteiger partial charge on any atom is 0.128 e. The Balaban J connectivity index is 2.44. The fourth-order valence-corrected chi connectivity index (χ4v) is 1.88. The van der Waals surface area contributed by atoms with Crippen molar-refractivity contribution in [3.05, 3.63) is 18.3 Å². The van der Waals surface area contributed by atoms with Gasteiger partial charge in [-0.1, -0.05) is 0 Å². The minimum absolute atomic E-state index is 0.253. The van der Waals surface area contributed by atoms with Gasteiger partial charge >= 0.3 is 0 Å². The number of nitrogens with zero attached hydrogens (tertiary/aromatic N) is 1. The number of hydrogen-bond donors (Lipinski definition) is 2. The second kappa shape index (κ2) is 5.70. The lowest BCUT2D eigenvalue weighted by atomic mass is 10.2. The van der Waals surface area contributed by atoms with Crippen LogP contribution in [0.3, 0.4) is 0 Å². The van der Waals surface area contributed by atoms with Crippen molar-refractivity contribution in [3.63, 3.8) is 0 Å². The van der Waals surface area contributed by atoms with Crippen LogP contribution in [0.5, 0.6) is 0 Å². The van der Waals surface area contributed by atoms with E-state index in [1.54, 1.807) is 24.6 Å². The van der Waals surface area contributed by atoms with Crippen LogP contribution in [-0.4, -0.2) is 27.2 Å². The second-order valence-electron chi connectivity index (χ2n) is 3.59. The highest BCUT2D eigenvalue weighted by Gasteiger charge is 2.03. The largest absolute Gasteiger partial charge is 0.399 e. The molecule has 1 aromatic heterocycles. The van der Waals surface area contributed by atoms with E-state index in [2.05, 4.69) is 10.3 Å². The van der Waals surface area contributed by atoms with Gasteiger partial charge in [-0.15, -0.1) is 0 Å². The molecule has 1 heterocycles. The van der Waals surface area contributed by atoms with Gasteiger partial charge in [0.15, 0.2) is 0 Å². The van der Waals surface area contributed by atoms with E-state index in [0.717, 1.165) is 12.2 Å². The lowest BCUT2D eigenvalue weighted by Gasteiger charge is -2.13. The first-order valence-corrected chi connectivity index (χ1v) is 6.58. The quantitative estimate of drug-likeness (QED) is 0.794. The van der Waals surface area contributed by atoms with Crippen molar-refractivity contribution in [1.29, 1.82) is 0 Å². The molecule has 0 aliphatic heterocycles. The third-order valence-corrected chi connectivity index (χ3v) is 2.83. The van der Waals surface area contributed by atoms with Gasteiger partial charge in [-0.25, -0.2) is 4.98 Å². The highest BCUT2D eigenvalue weighted by atomic mass is 32.2. The summed E-state index contributed by atoms with van der Waals surface area (Å²) < 4.78 is 10.9. The zero-order valence-electron chi connectivity index (χ0n) is 9.06. The lowest BCUT2D eigenvalue weighted by molar-refractivity contribution is 0.678. The van der Waals surface area contributed by atoms with Crippen LogP contribution < -0.4 is 11.1 Å². The third kappa shape index (κ3) is 4.78. The fourth-order valence-electron chi connectivity index (χ4n) is 1.19. The molecule has 2 unspecified atom stereocenters. The van der Waals surface area contributed by atoms with Gasteiger partial charge in [0.25, 0.3) is 0 Å². The Bertz CT molecular complexity index is 343. The number of pyridine rings is 1. The summed E-state index contributed by atoms with van der Waals surface area (Å²) in [7, 11) is -0.734. The summed E-state index contributed by atoms with van der Waals surface area (Å²) in [5.74, 6) is 1.47. The van der Waals surface area contributed by atoms with Gasteiger partial charge in [-0.2, -0.15) is 0 Å². The molecule has 0 radical (unpaired) electrons. The topological polar surface area (TPSA) is 68.0 Å². The number of rotatable bonds is 5. The van der Waals surface area contributed by atoms with Crippen molar-refractivity contribution >= 4 is 22.3 Å². The molecule has 1 rings (SSSR count). The summed E-state index contributed by atoms with van der Waals surface area (Å²) in [4.78, 5) is 4.14. The van der Waals surface area contributed by atoms with E-state index in [0.29, 0.717) is 11.4 Å². The number of nitrogen functional groups attached to an aromatic ring is 1. The van der Waals surface area contributed by atoms with Crippen molar-refractivity contribution < 1.29 is 4.21 Å². The zero-order chi connectivity index (χ0) is 11.3. The van der Waals surface area contributed by atoms with Crippen molar-refractivity contribution in [2.24, 2.45) is 0 Å². The predicted octanol–water partition coefficient (Wildman–Crippen LogP) is 1.23. The van der Waals surface area contributed by atoms with E-state index in [1.807, 2.05) is 6.92 Å². The third-order valence-electron chi connectivity index (χ3n) is 2.02. The molecule has 0 aliphatic carbocycles. The summed E-state index contributed by atoms with van der Waals surface area (Å²) in [5.41, 5.74) is 6.32. The molecule has 0 fully saturated rings. The van der Waals surface area contributed by atoms with E-state index in [4.69, 9.17) is 5.73 Å². The van der Waals surface area contributed by atoms with Crippen molar-refractivity contribution in [3.8, 4) is 0 Å². The normalized spacial score (nSPS) is 14.5. The molecule has 0 aromatic carbocycles. The predicted molar refractivity (Wildman–Crippen MR) is 65.3 cm³/mol. The van der Waals surface area contributed by atoms with E-state index in [-0.39, 0.29) is 6.04 Å². The van der Waals surface area contributed by atoms with Gasteiger partial charge in [0.1, 0.15) is 5.82 Å². The van der Waals surface area contributed by atoms with Gasteiger partial charge in [-0.3, -0.25) is 4.21 Å². The summed E-state index contributed by atoms with van der Waals surface area (Å²) in [6, 6.07) is 3.79. The number of nitrogens with one attached hydrogen (secondary N) is 1. The van der Waals surface area contributed by atoms with Crippen molar-refractivity contribution in [2.75, 3.05) is 23.1 Å². The van der Waals surface area contributed by atoms with E-state index < -0.39 is 10.8 Å². The van der Waals surface area contributed by atoms with Crippen LogP contribution in [0.25, 0.3) is 0 Å². The Morgan fingerprint density at radius 2 is 2.40 bits per heavy atom. The first-order chi connectivity index (χ1) is 7.08. The average molecular weight is 227 g/mol. The maximum absolute atomic E-state index is 10.9. The van der Waals surface area contributed by atoms with E-state index >= 15 is 0 Å². The van der Waals surface area contributed by atoms with Gasteiger partial charge in [-0.05, 0) is 19.4 Å². The molecular formula is C10H17N3OS. The van der Waals surface area contributed by atoms with E-state index in [1.165, 1.54) is 0 Å². The van der Waals surface area contributed by atoms with Crippen LogP contribution in [0.1, 0.15) is 13.3 Å².